The number of hydrogen-bond acceptors (Lipinski definition) is 6. The van der Waals surface area contributed by atoms with Crippen LogP contribution in [0.1, 0.15) is 18.9 Å². The van der Waals surface area contributed by atoms with Crippen molar-refractivity contribution < 1.29 is 0 Å². The first-order valence-electron chi connectivity index (χ1n) is 5.27. The molecule has 0 amide bonds. The fourth-order valence-corrected chi connectivity index (χ4v) is 2.63. The largest absolute Gasteiger partial charge is 0.394 e. The summed E-state index contributed by atoms with van der Waals surface area (Å²) >= 11 is 7.02. The average molecular weight is 285 g/mol. The average Bonchev–Trinajstić information content (AvgIpc) is 3.11. The number of H-pyrrole nitrogens is 1. The molecule has 94 valence electrons. The molecule has 0 atom stereocenters. The Morgan fingerprint density at radius 3 is 3.00 bits per heavy atom. The summed E-state index contributed by atoms with van der Waals surface area (Å²) in [6.07, 6.45) is 3.31. The lowest BCUT2D eigenvalue weighted by Crippen LogP contribution is -2.16. The second-order valence-corrected chi connectivity index (χ2v) is 5.21. The zero-order valence-electron chi connectivity index (χ0n) is 9.13. The van der Waals surface area contributed by atoms with E-state index in [-0.39, 0.29) is 16.9 Å². The van der Waals surface area contributed by atoms with Crippen molar-refractivity contribution in [2.75, 3.05) is 5.73 Å². The highest BCUT2D eigenvalue weighted by Crippen LogP contribution is 2.38. The van der Waals surface area contributed by atoms with Gasteiger partial charge in [0.2, 0.25) is 0 Å². The van der Waals surface area contributed by atoms with Crippen molar-refractivity contribution >= 4 is 29.1 Å². The number of hydrogen-bond donors (Lipinski definition) is 2. The lowest BCUT2D eigenvalue weighted by atomic mass is 10.6. The van der Waals surface area contributed by atoms with Crippen LogP contribution in [0.3, 0.4) is 0 Å². The number of rotatable bonds is 3. The molecule has 1 saturated carbocycles. The van der Waals surface area contributed by atoms with Gasteiger partial charge in [0.1, 0.15) is 17.0 Å². The Balaban J connectivity index is 1.97. The number of aromatic amines is 1. The van der Waals surface area contributed by atoms with Crippen molar-refractivity contribution in [3.8, 4) is 0 Å². The van der Waals surface area contributed by atoms with Gasteiger partial charge in [-0.25, -0.2) is 19.9 Å². The maximum atomic E-state index is 11.6. The van der Waals surface area contributed by atoms with E-state index in [1.165, 1.54) is 18.1 Å². The van der Waals surface area contributed by atoms with Gasteiger partial charge < -0.3 is 5.73 Å². The van der Waals surface area contributed by atoms with Gasteiger partial charge in [-0.05, 0) is 24.6 Å². The van der Waals surface area contributed by atoms with E-state index in [0.29, 0.717) is 15.9 Å². The second-order valence-electron chi connectivity index (χ2n) is 3.90. The molecule has 1 aliphatic rings. The van der Waals surface area contributed by atoms with Crippen LogP contribution in [-0.2, 0) is 0 Å². The zero-order chi connectivity index (χ0) is 12.7. The molecule has 7 nitrogen and oxygen atoms in total. The summed E-state index contributed by atoms with van der Waals surface area (Å²) in [4.78, 5) is 19.4. The quantitative estimate of drug-likeness (QED) is 0.818. The molecular weight excluding hydrogens is 276 g/mol. The molecule has 1 fully saturated rings. The first-order valence-corrected chi connectivity index (χ1v) is 6.47. The van der Waals surface area contributed by atoms with Crippen LogP contribution in [-0.4, -0.2) is 24.7 Å². The van der Waals surface area contributed by atoms with E-state index in [9.17, 15) is 4.79 Å². The van der Waals surface area contributed by atoms with E-state index >= 15 is 0 Å². The predicted molar refractivity (Wildman–Crippen MR) is 66.7 cm³/mol. The van der Waals surface area contributed by atoms with Crippen LogP contribution in [0, 0.1) is 0 Å². The van der Waals surface area contributed by atoms with Crippen molar-refractivity contribution in [3.05, 3.63) is 22.0 Å². The van der Waals surface area contributed by atoms with Crippen LogP contribution in [0.4, 0.5) is 5.69 Å². The number of nitrogens with two attached hydrogens (primary N) is 1. The molecule has 2 aromatic heterocycles. The maximum absolute atomic E-state index is 11.6. The fourth-order valence-electron chi connectivity index (χ4n) is 1.54. The summed E-state index contributed by atoms with van der Waals surface area (Å²) < 4.78 is 1.63. The van der Waals surface area contributed by atoms with Crippen molar-refractivity contribution in [2.45, 2.75) is 29.1 Å². The van der Waals surface area contributed by atoms with E-state index in [4.69, 9.17) is 17.3 Å². The molecule has 2 aromatic rings. The van der Waals surface area contributed by atoms with Gasteiger partial charge in [-0.3, -0.25) is 4.57 Å². The van der Waals surface area contributed by atoms with Gasteiger partial charge in [0.15, 0.2) is 10.3 Å². The molecule has 0 saturated heterocycles. The van der Waals surface area contributed by atoms with Crippen LogP contribution in [0.5, 0.6) is 0 Å². The number of nitrogens with zero attached hydrogens (tertiary/aromatic N) is 4. The Bertz CT molecular complexity index is 649. The van der Waals surface area contributed by atoms with Gasteiger partial charge in [0.05, 0.1) is 0 Å². The van der Waals surface area contributed by atoms with Crippen LogP contribution in [0.2, 0.25) is 5.15 Å². The lowest BCUT2D eigenvalue weighted by molar-refractivity contribution is 0.642. The molecule has 1 aliphatic carbocycles. The SMILES string of the molecule is Nc1c(Cl)ncnc1Sc1n[nH]c(=O)n1C1CC1. The highest BCUT2D eigenvalue weighted by atomic mass is 35.5. The van der Waals surface area contributed by atoms with Gasteiger partial charge in [-0.1, -0.05) is 11.6 Å². The molecule has 0 spiro atoms. The molecular formula is C9H9ClN6OS. The van der Waals surface area contributed by atoms with Gasteiger partial charge in [-0.15, -0.1) is 5.10 Å². The van der Waals surface area contributed by atoms with E-state index in [2.05, 4.69) is 20.2 Å². The highest BCUT2D eigenvalue weighted by Gasteiger charge is 2.29. The summed E-state index contributed by atoms with van der Waals surface area (Å²) in [7, 11) is 0. The number of aromatic nitrogens is 5. The van der Waals surface area contributed by atoms with E-state index in [1.54, 1.807) is 4.57 Å². The van der Waals surface area contributed by atoms with Crippen LogP contribution >= 0.6 is 23.4 Å². The van der Waals surface area contributed by atoms with Crippen molar-refractivity contribution in [1.29, 1.82) is 0 Å². The molecule has 0 radical (unpaired) electrons. The minimum absolute atomic E-state index is 0.198. The van der Waals surface area contributed by atoms with Crippen LogP contribution in [0.25, 0.3) is 0 Å². The predicted octanol–water partition coefficient (Wildman–Crippen LogP) is 1.08. The van der Waals surface area contributed by atoms with E-state index < -0.39 is 0 Å². The summed E-state index contributed by atoms with van der Waals surface area (Å²) in [6, 6.07) is 0.234. The van der Waals surface area contributed by atoms with Crippen molar-refractivity contribution in [1.82, 2.24) is 24.7 Å². The standard InChI is InChI=1S/C9H9ClN6OS/c10-6-5(11)7(13-3-12-6)18-9-15-14-8(17)16(9)4-1-2-4/h3-4H,1-2,11H2,(H,14,17). The maximum Gasteiger partial charge on any atom is 0.344 e. The lowest BCUT2D eigenvalue weighted by Gasteiger charge is -2.05. The normalized spacial score (nSPS) is 14.9. The number of anilines is 1. The highest BCUT2D eigenvalue weighted by molar-refractivity contribution is 7.99. The van der Waals surface area contributed by atoms with Gasteiger partial charge in [0, 0.05) is 6.04 Å². The molecule has 0 bridgehead atoms. The molecule has 3 N–H and O–H groups in total. The van der Waals surface area contributed by atoms with E-state index in [1.807, 2.05) is 0 Å². The Hall–Kier alpha value is -1.54. The second kappa shape index (κ2) is 4.29. The monoisotopic (exact) mass is 284 g/mol. The van der Waals surface area contributed by atoms with Gasteiger partial charge in [-0.2, -0.15) is 0 Å². The van der Waals surface area contributed by atoms with E-state index in [0.717, 1.165) is 12.8 Å². The summed E-state index contributed by atoms with van der Waals surface area (Å²) in [5, 5.41) is 7.64. The van der Waals surface area contributed by atoms with Crippen LogP contribution < -0.4 is 11.4 Å². The fraction of sp³-hybridized carbons (Fsp3) is 0.333. The summed E-state index contributed by atoms with van der Waals surface area (Å²) in [5.41, 5.74) is 5.86. The molecule has 0 aromatic carbocycles. The van der Waals surface area contributed by atoms with Gasteiger partial charge >= 0.3 is 5.69 Å². The topological polar surface area (TPSA) is 102 Å². The molecule has 3 rings (SSSR count). The third-order valence-electron chi connectivity index (χ3n) is 2.57. The number of halogens is 1. The third kappa shape index (κ3) is 1.97. The van der Waals surface area contributed by atoms with Crippen molar-refractivity contribution in [3.63, 3.8) is 0 Å². The Morgan fingerprint density at radius 1 is 1.50 bits per heavy atom. The molecule has 0 unspecified atom stereocenters. The Labute approximate surface area is 111 Å². The number of nitrogen functional groups attached to an aromatic ring is 1. The molecule has 2 heterocycles. The molecule has 9 heteroatoms. The molecule has 18 heavy (non-hydrogen) atoms. The molecule has 0 aliphatic heterocycles. The minimum atomic E-state index is -0.210. The minimum Gasteiger partial charge on any atom is -0.394 e. The summed E-state index contributed by atoms with van der Waals surface area (Å²) in [6.45, 7) is 0. The Morgan fingerprint density at radius 2 is 2.28 bits per heavy atom. The zero-order valence-corrected chi connectivity index (χ0v) is 10.7. The van der Waals surface area contributed by atoms with Crippen molar-refractivity contribution in [2.24, 2.45) is 0 Å². The summed E-state index contributed by atoms with van der Waals surface area (Å²) in [5.74, 6) is 0. The smallest absolute Gasteiger partial charge is 0.344 e. The Kier molecular flexibility index (Phi) is 2.75. The van der Waals surface area contributed by atoms with Crippen LogP contribution in [0.15, 0.2) is 21.3 Å². The first-order chi connectivity index (χ1) is 8.66. The van der Waals surface area contributed by atoms with Gasteiger partial charge in [0.25, 0.3) is 0 Å². The number of nitrogens with one attached hydrogen (secondary N) is 1. The first kappa shape index (κ1) is 11.5. The third-order valence-corrected chi connectivity index (χ3v) is 3.86.